The Morgan fingerprint density at radius 3 is 2.61 bits per heavy atom. The van der Waals surface area contributed by atoms with Gasteiger partial charge in [-0.05, 0) is 37.1 Å². The number of hydrogen-bond donors (Lipinski definition) is 1. The molecule has 0 aliphatic carbocycles. The SMILES string of the molecule is O=C(Nc1ccc2c(c1)OCO2)C1CCN(c2ccc3nnc(-c4ccccc4)n3n2)CC1. The topological polar surface area (TPSA) is 93.9 Å². The average Bonchev–Trinajstić information content (AvgIpc) is 3.51. The highest BCUT2D eigenvalue weighted by Crippen LogP contribution is 2.34. The number of piperidine rings is 1. The van der Waals surface area contributed by atoms with Crippen LogP contribution in [-0.2, 0) is 4.79 Å². The predicted molar refractivity (Wildman–Crippen MR) is 122 cm³/mol. The standard InChI is InChI=1S/C24H22N6O3/c31-24(25-18-6-7-19-20(14-18)33-15-32-19)17-10-12-29(13-11-17)22-9-8-21-26-27-23(30(21)28-22)16-4-2-1-3-5-16/h1-9,14,17H,10-13,15H2,(H,25,31). The van der Waals surface area contributed by atoms with Gasteiger partial charge in [0.15, 0.2) is 23.0 Å². The number of carbonyl (C=O) groups is 1. The van der Waals surface area contributed by atoms with E-state index in [1.165, 1.54) is 0 Å². The highest BCUT2D eigenvalue weighted by Gasteiger charge is 2.26. The third-order valence-electron chi connectivity index (χ3n) is 6.11. The van der Waals surface area contributed by atoms with Gasteiger partial charge < -0.3 is 19.7 Å². The monoisotopic (exact) mass is 442 g/mol. The minimum atomic E-state index is -0.0507. The molecule has 1 fully saturated rings. The van der Waals surface area contributed by atoms with E-state index < -0.39 is 0 Å². The predicted octanol–water partition coefficient (Wildman–Crippen LogP) is 3.38. The van der Waals surface area contributed by atoms with Crippen molar-refractivity contribution in [2.24, 2.45) is 5.92 Å². The van der Waals surface area contributed by atoms with Crippen molar-refractivity contribution in [1.29, 1.82) is 0 Å². The van der Waals surface area contributed by atoms with Gasteiger partial charge >= 0.3 is 0 Å². The minimum absolute atomic E-state index is 0.0297. The Kier molecular flexibility index (Phi) is 4.79. The Labute approximate surface area is 190 Å². The van der Waals surface area contributed by atoms with Crippen LogP contribution in [0.4, 0.5) is 11.5 Å². The van der Waals surface area contributed by atoms with E-state index in [4.69, 9.17) is 14.6 Å². The lowest BCUT2D eigenvalue weighted by molar-refractivity contribution is -0.120. The molecule has 1 saturated heterocycles. The van der Waals surface area contributed by atoms with Crippen LogP contribution in [0.2, 0.25) is 0 Å². The zero-order chi connectivity index (χ0) is 22.2. The molecule has 2 aromatic carbocycles. The highest BCUT2D eigenvalue weighted by molar-refractivity contribution is 5.93. The quantitative estimate of drug-likeness (QED) is 0.518. The maximum atomic E-state index is 12.8. The molecule has 4 aromatic rings. The van der Waals surface area contributed by atoms with Gasteiger partial charge in [0.25, 0.3) is 0 Å². The fourth-order valence-corrected chi connectivity index (χ4v) is 4.30. The second-order valence-electron chi connectivity index (χ2n) is 8.17. The summed E-state index contributed by atoms with van der Waals surface area (Å²) in [7, 11) is 0. The Morgan fingerprint density at radius 2 is 1.76 bits per heavy atom. The lowest BCUT2D eigenvalue weighted by atomic mass is 9.96. The van der Waals surface area contributed by atoms with Crippen molar-refractivity contribution in [3.63, 3.8) is 0 Å². The van der Waals surface area contributed by atoms with E-state index in [0.717, 1.165) is 43.0 Å². The van der Waals surface area contributed by atoms with Crippen molar-refractivity contribution < 1.29 is 14.3 Å². The summed E-state index contributed by atoms with van der Waals surface area (Å²) in [6.45, 7) is 1.72. The van der Waals surface area contributed by atoms with Crippen LogP contribution in [0.3, 0.4) is 0 Å². The Balaban J connectivity index is 1.13. The van der Waals surface area contributed by atoms with Crippen LogP contribution < -0.4 is 19.7 Å². The van der Waals surface area contributed by atoms with Crippen molar-refractivity contribution >= 4 is 23.1 Å². The van der Waals surface area contributed by atoms with Gasteiger partial charge in [-0.25, -0.2) is 0 Å². The van der Waals surface area contributed by atoms with E-state index in [1.54, 1.807) is 10.6 Å². The van der Waals surface area contributed by atoms with Crippen LogP contribution >= 0.6 is 0 Å². The van der Waals surface area contributed by atoms with E-state index in [-0.39, 0.29) is 18.6 Å². The molecule has 4 heterocycles. The first kappa shape index (κ1) is 19.5. The number of nitrogens with zero attached hydrogens (tertiary/aromatic N) is 5. The van der Waals surface area contributed by atoms with Crippen molar-refractivity contribution in [1.82, 2.24) is 19.8 Å². The number of nitrogens with one attached hydrogen (secondary N) is 1. The van der Waals surface area contributed by atoms with Crippen molar-refractivity contribution in [2.45, 2.75) is 12.8 Å². The first-order valence-corrected chi connectivity index (χ1v) is 11.0. The fraction of sp³-hybridized carbons (Fsp3) is 0.250. The largest absolute Gasteiger partial charge is 0.454 e. The molecular weight excluding hydrogens is 420 g/mol. The number of aromatic nitrogens is 4. The number of ether oxygens (including phenoxy) is 2. The number of rotatable bonds is 4. The molecule has 2 aliphatic rings. The summed E-state index contributed by atoms with van der Waals surface area (Å²) in [5, 5.41) is 16.4. The van der Waals surface area contributed by atoms with Crippen LogP contribution in [0, 0.1) is 5.92 Å². The number of hydrogen-bond acceptors (Lipinski definition) is 7. The second kappa shape index (κ2) is 8.09. The molecule has 6 rings (SSSR count). The normalized spacial score (nSPS) is 15.7. The van der Waals surface area contributed by atoms with Gasteiger partial charge in [0.2, 0.25) is 12.7 Å². The summed E-state index contributed by atoms with van der Waals surface area (Å²) in [4.78, 5) is 15.0. The Morgan fingerprint density at radius 1 is 0.939 bits per heavy atom. The number of fused-ring (bicyclic) bond motifs is 2. The molecule has 2 aromatic heterocycles. The first-order chi connectivity index (χ1) is 16.2. The van der Waals surface area contributed by atoms with Gasteiger partial charge in [0.05, 0.1) is 0 Å². The molecule has 1 N–H and O–H groups in total. The molecule has 33 heavy (non-hydrogen) atoms. The average molecular weight is 442 g/mol. The molecule has 0 bridgehead atoms. The van der Waals surface area contributed by atoms with Gasteiger partial charge in [-0.15, -0.1) is 15.3 Å². The molecule has 166 valence electrons. The smallest absolute Gasteiger partial charge is 0.231 e. The lowest BCUT2D eigenvalue weighted by Gasteiger charge is -2.32. The summed E-state index contributed by atoms with van der Waals surface area (Å²) < 4.78 is 12.5. The van der Waals surface area contributed by atoms with Gasteiger partial charge in [-0.3, -0.25) is 4.79 Å². The van der Waals surface area contributed by atoms with Crippen molar-refractivity contribution in [3.05, 3.63) is 60.7 Å². The Bertz CT molecular complexity index is 1310. The van der Waals surface area contributed by atoms with Crippen LogP contribution in [0.5, 0.6) is 11.5 Å². The van der Waals surface area contributed by atoms with E-state index in [0.29, 0.717) is 23.0 Å². The maximum absolute atomic E-state index is 12.8. The van der Waals surface area contributed by atoms with Crippen LogP contribution in [0.15, 0.2) is 60.7 Å². The minimum Gasteiger partial charge on any atom is -0.454 e. The lowest BCUT2D eigenvalue weighted by Crippen LogP contribution is -2.38. The van der Waals surface area contributed by atoms with Gasteiger partial charge in [0, 0.05) is 36.3 Å². The molecule has 9 nitrogen and oxygen atoms in total. The van der Waals surface area contributed by atoms with E-state index in [1.807, 2.05) is 54.6 Å². The van der Waals surface area contributed by atoms with Crippen LogP contribution in [0.25, 0.3) is 17.0 Å². The van der Waals surface area contributed by atoms with Crippen LogP contribution in [-0.4, -0.2) is 45.6 Å². The molecule has 0 saturated carbocycles. The highest BCUT2D eigenvalue weighted by atomic mass is 16.7. The third kappa shape index (κ3) is 3.71. The summed E-state index contributed by atoms with van der Waals surface area (Å²) in [6.07, 6.45) is 1.51. The second-order valence-corrected chi connectivity index (χ2v) is 8.17. The summed E-state index contributed by atoms with van der Waals surface area (Å²) in [6, 6.07) is 19.3. The molecule has 0 spiro atoms. The van der Waals surface area contributed by atoms with Gasteiger partial charge in [-0.2, -0.15) is 4.52 Å². The van der Waals surface area contributed by atoms with Crippen molar-refractivity contribution in [3.8, 4) is 22.9 Å². The van der Waals surface area contributed by atoms with Crippen LogP contribution in [0.1, 0.15) is 12.8 Å². The van der Waals surface area contributed by atoms with E-state index >= 15 is 0 Å². The fourth-order valence-electron chi connectivity index (χ4n) is 4.30. The van der Waals surface area contributed by atoms with E-state index in [9.17, 15) is 4.79 Å². The molecule has 2 aliphatic heterocycles. The summed E-state index contributed by atoms with van der Waals surface area (Å²) in [5.74, 6) is 2.91. The zero-order valence-corrected chi connectivity index (χ0v) is 17.8. The molecule has 0 atom stereocenters. The van der Waals surface area contributed by atoms with Gasteiger partial charge in [0.1, 0.15) is 5.82 Å². The molecule has 0 unspecified atom stereocenters. The maximum Gasteiger partial charge on any atom is 0.231 e. The molecule has 0 radical (unpaired) electrons. The first-order valence-electron chi connectivity index (χ1n) is 11.0. The number of benzene rings is 2. The third-order valence-corrected chi connectivity index (χ3v) is 6.11. The van der Waals surface area contributed by atoms with E-state index in [2.05, 4.69) is 20.4 Å². The molecule has 9 heteroatoms. The molecule has 1 amide bonds. The summed E-state index contributed by atoms with van der Waals surface area (Å²) in [5.41, 5.74) is 2.39. The Hall–Kier alpha value is -4.14. The summed E-state index contributed by atoms with van der Waals surface area (Å²) >= 11 is 0. The number of amides is 1. The molecular formula is C24H22N6O3. The number of carbonyl (C=O) groups excluding carboxylic acids is 1. The zero-order valence-electron chi connectivity index (χ0n) is 17.8. The number of anilines is 2. The van der Waals surface area contributed by atoms with Gasteiger partial charge in [-0.1, -0.05) is 30.3 Å². The van der Waals surface area contributed by atoms with Crippen molar-refractivity contribution in [2.75, 3.05) is 30.1 Å².